The van der Waals surface area contributed by atoms with Gasteiger partial charge in [0.15, 0.2) is 0 Å². The van der Waals surface area contributed by atoms with E-state index in [4.69, 9.17) is 5.73 Å². The fourth-order valence-electron chi connectivity index (χ4n) is 1.70. The van der Waals surface area contributed by atoms with E-state index in [9.17, 15) is 12.8 Å². The number of benzene rings is 1. The van der Waals surface area contributed by atoms with Crippen LogP contribution in [0.25, 0.3) is 0 Å². The van der Waals surface area contributed by atoms with Crippen molar-refractivity contribution in [3.8, 4) is 0 Å². The molecule has 0 saturated carbocycles. The number of nitrogens with one attached hydrogen (secondary N) is 1. The van der Waals surface area contributed by atoms with Gasteiger partial charge in [0.05, 0.1) is 5.69 Å². The molecule has 0 bridgehead atoms. The van der Waals surface area contributed by atoms with Gasteiger partial charge in [0.2, 0.25) is 0 Å². The van der Waals surface area contributed by atoms with Gasteiger partial charge in [-0.2, -0.15) is 13.1 Å². The average molecular weight is 303 g/mol. The molecule has 7 heteroatoms. The zero-order valence-electron chi connectivity index (χ0n) is 12.1. The van der Waals surface area contributed by atoms with Crippen molar-refractivity contribution >= 4 is 15.9 Å². The second kappa shape index (κ2) is 6.51. The summed E-state index contributed by atoms with van der Waals surface area (Å²) >= 11 is 0. The molecule has 0 aliphatic carbocycles. The Kier molecular flexibility index (Phi) is 5.50. The predicted octanol–water partition coefficient (Wildman–Crippen LogP) is 1.61. The number of nitrogens with two attached hydrogens (primary N) is 1. The Morgan fingerprint density at radius 3 is 2.40 bits per heavy atom. The molecule has 0 aliphatic heterocycles. The van der Waals surface area contributed by atoms with Crippen molar-refractivity contribution < 1.29 is 12.8 Å². The van der Waals surface area contributed by atoms with E-state index >= 15 is 0 Å². The van der Waals surface area contributed by atoms with Crippen LogP contribution in [-0.4, -0.2) is 27.0 Å². The second-order valence-electron chi connectivity index (χ2n) is 5.52. The van der Waals surface area contributed by atoms with Crippen LogP contribution in [0.1, 0.15) is 27.2 Å². The summed E-state index contributed by atoms with van der Waals surface area (Å²) in [4.78, 5) is 0. The summed E-state index contributed by atoms with van der Waals surface area (Å²) in [7, 11) is -3.84. The Balaban J connectivity index is 3.16. The number of anilines is 1. The minimum Gasteiger partial charge on any atom is -0.330 e. The third kappa shape index (κ3) is 4.73. The Morgan fingerprint density at radius 2 is 1.90 bits per heavy atom. The van der Waals surface area contributed by atoms with E-state index in [1.165, 1.54) is 18.2 Å². The summed E-state index contributed by atoms with van der Waals surface area (Å²) in [6, 6.07) is 5.79. The Labute approximate surface area is 120 Å². The van der Waals surface area contributed by atoms with Crippen LogP contribution in [0.3, 0.4) is 0 Å². The molecule has 114 valence electrons. The fraction of sp³-hybridized carbons (Fsp3) is 0.538. The Morgan fingerprint density at radius 1 is 1.30 bits per heavy atom. The van der Waals surface area contributed by atoms with Crippen LogP contribution in [0.15, 0.2) is 24.3 Å². The molecule has 0 atom stereocenters. The molecule has 3 N–H and O–H groups in total. The smallest absolute Gasteiger partial charge is 0.302 e. The number of rotatable bonds is 6. The van der Waals surface area contributed by atoms with E-state index in [2.05, 4.69) is 4.72 Å². The number of nitrogens with zero attached hydrogens (tertiary/aromatic N) is 1. The van der Waals surface area contributed by atoms with Gasteiger partial charge < -0.3 is 5.73 Å². The van der Waals surface area contributed by atoms with Gasteiger partial charge in [-0.3, -0.25) is 4.31 Å². The first-order valence-corrected chi connectivity index (χ1v) is 7.87. The van der Waals surface area contributed by atoms with Crippen molar-refractivity contribution in [1.29, 1.82) is 0 Å². The van der Waals surface area contributed by atoms with E-state index in [1.807, 2.05) is 0 Å². The van der Waals surface area contributed by atoms with Gasteiger partial charge in [-0.15, -0.1) is 0 Å². The highest BCUT2D eigenvalue weighted by atomic mass is 32.2. The molecule has 0 amide bonds. The zero-order valence-corrected chi connectivity index (χ0v) is 12.9. The largest absolute Gasteiger partial charge is 0.330 e. The van der Waals surface area contributed by atoms with Crippen LogP contribution in [0.2, 0.25) is 0 Å². The molecule has 0 radical (unpaired) electrons. The number of halogens is 1. The highest BCUT2D eigenvalue weighted by molar-refractivity contribution is 7.90. The van der Waals surface area contributed by atoms with Crippen LogP contribution in [-0.2, 0) is 10.2 Å². The predicted molar refractivity (Wildman–Crippen MR) is 79.2 cm³/mol. The van der Waals surface area contributed by atoms with Crippen molar-refractivity contribution in [3.63, 3.8) is 0 Å². The molecule has 0 spiro atoms. The van der Waals surface area contributed by atoms with E-state index in [0.29, 0.717) is 13.0 Å². The summed E-state index contributed by atoms with van der Waals surface area (Å²) in [5.41, 5.74) is 4.81. The zero-order chi connectivity index (χ0) is 15.4. The van der Waals surface area contributed by atoms with Gasteiger partial charge in [-0.1, -0.05) is 12.1 Å². The highest BCUT2D eigenvalue weighted by Gasteiger charge is 2.28. The molecule has 0 unspecified atom stereocenters. The maximum atomic E-state index is 13.9. The molecule has 1 rings (SSSR count). The lowest BCUT2D eigenvalue weighted by molar-refractivity contribution is 0.487. The quantitative estimate of drug-likeness (QED) is 0.838. The van der Waals surface area contributed by atoms with Gasteiger partial charge in [0.1, 0.15) is 5.82 Å². The molecule has 0 fully saturated rings. The minimum absolute atomic E-state index is 0.0256. The van der Waals surface area contributed by atoms with Crippen LogP contribution in [0.5, 0.6) is 0 Å². The molecule has 1 aromatic rings. The number of hydrogen-bond acceptors (Lipinski definition) is 3. The Hall–Kier alpha value is -1.18. The maximum Gasteiger partial charge on any atom is 0.302 e. The van der Waals surface area contributed by atoms with Crippen LogP contribution in [0.4, 0.5) is 10.1 Å². The summed E-state index contributed by atoms with van der Waals surface area (Å²) in [6.45, 7) is 5.64. The maximum absolute atomic E-state index is 13.9. The van der Waals surface area contributed by atoms with E-state index in [0.717, 1.165) is 4.31 Å². The second-order valence-corrected chi connectivity index (χ2v) is 7.12. The van der Waals surface area contributed by atoms with Gasteiger partial charge in [-0.25, -0.2) is 4.39 Å². The normalized spacial score (nSPS) is 12.4. The SMILES string of the molecule is CC(C)(C)NS(=O)(=O)N(CCCN)c1ccccc1F. The summed E-state index contributed by atoms with van der Waals surface area (Å²) in [5, 5.41) is 0. The molecule has 0 aromatic heterocycles. The van der Waals surface area contributed by atoms with Crippen LogP contribution in [0, 0.1) is 5.82 Å². The first-order chi connectivity index (χ1) is 9.17. The number of para-hydroxylation sites is 1. The van der Waals surface area contributed by atoms with Crippen molar-refractivity contribution in [1.82, 2.24) is 4.72 Å². The molecule has 20 heavy (non-hydrogen) atoms. The average Bonchev–Trinajstić information content (AvgIpc) is 2.28. The van der Waals surface area contributed by atoms with Gasteiger partial charge in [0.25, 0.3) is 0 Å². The first kappa shape index (κ1) is 16.9. The van der Waals surface area contributed by atoms with Gasteiger partial charge >= 0.3 is 10.2 Å². The van der Waals surface area contributed by atoms with E-state index in [1.54, 1.807) is 26.8 Å². The van der Waals surface area contributed by atoms with Crippen molar-refractivity contribution in [2.24, 2.45) is 5.73 Å². The summed E-state index contributed by atoms with van der Waals surface area (Å²) < 4.78 is 42.2. The van der Waals surface area contributed by atoms with E-state index in [-0.39, 0.29) is 12.2 Å². The van der Waals surface area contributed by atoms with Gasteiger partial charge in [0, 0.05) is 12.1 Å². The van der Waals surface area contributed by atoms with Crippen molar-refractivity contribution in [2.75, 3.05) is 17.4 Å². The first-order valence-electron chi connectivity index (χ1n) is 6.43. The van der Waals surface area contributed by atoms with Crippen LogP contribution < -0.4 is 14.8 Å². The molecule has 5 nitrogen and oxygen atoms in total. The monoisotopic (exact) mass is 303 g/mol. The third-order valence-electron chi connectivity index (χ3n) is 2.41. The van der Waals surface area contributed by atoms with Gasteiger partial charge in [-0.05, 0) is 45.9 Å². The standard InChI is InChI=1S/C13H22FN3O2S/c1-13(2,3)16-20(18,19)17(10-6-9-15)12-8-5-4-7-11(12)14/h4-5,7-8,16H,6,9-10,15H2,1-3H3. The summed E-state index contributed by atoms with van der Waals surface area (Å²) in [6.07, 6.45) is 0.444. The minimum atomic E-state index is -3.84. The summed E-state index contributed by atoms with van der Waals surface area (Å²) in [5.74, 6) is -0.580. The molecule has 0 aliphatic rings. The molecule has 1 aromatic carbocycles. The molecule has 0 heterocycles. The number of hydrogen-bond donors (Lipinski definition) is 2. The molecular formula is C13H22FN3O2S. The lowest BCUT2D eigenvalue weighted by Crippen LogP contribution is -2.49. The van der Waals surface area contributed by atoms with Crippen molar-refractivity contribution in [2.45, 2.75) is 32.7 Å². The lowest BCUT2D eigenvalue weighted by atomic mass is 10.1. The van der Waals surface area contributed by atoms with E-state index < -0.39 is 21.6 Å². The van der Waals surface area contributed by atoms with Crippen LogP contribution >= 0.6 is 0 Å². The third-order valence-corrected chi connectivity index (χ3v) is 4.24. The molecular weight excluding hydrogens is 281 g/mol. The fourth-order valence-corrected chi connectivity index (χ4v) is 3.36. The van der Waals surface area contributed by atoms with Crippen molar-refractivity contribution in [3.05, 3.63) is 30.1 Å². The topological polar surface area (TPSA) is 75.4 Å². The lowest BCUT2D eigenvalue weighted by Gasteiger charge is -2.29. The Bertz CT molecular complexity index is 541. The highest BCUT2D eigenvalue weighted by Crippen LogP contribution is 2.22. The molecule has 0 saturated heterocycles.